The highest BCUT2D eigenvalue weighted by atomic mass is 32.1. The Morgan fingerprint density at radius 3 is 2.63 bits per heavy atom. The van der Waals surface area contributed by atoms with E-state index in [0.717, 1.165) is 21.3 Å². The predicted molar refractivity (Wildman–Crippen MR) is 71.4 cm³/mol. The van der Waals surface area contributed by atoms with E-state index >= 15 is 0 Å². The van der Waals surface area contributed by atoms with Crippen molar-refractivity contribution in [3.8, 4) is 16.9 Å². The zero-order valence-electron chi connectivity index (χ0n) is 9.95. The Hall–Kier alpha value is -2.01. The molecule has 0 unspecified atom stereocenters. The van der Waals surface area contributed by atoms with E-state index in [1.165, 1.54) is 6.07 Å². The fourth-order valence-electron chi connectivity index (χ4n) is 1.96. The van der Waals surface area contributed by atoms with E-state index < -0.39 is 17.4 Å². The van der Waals surface area contributed by atoms with Crippen LogP contribution in [0.3, 0.4) is 0 Å². The van der Waals surface area contributed by atoms with Crippen LogP contribution in [0.4, 0.5) is 8.78 Å². The number of rotatable bonds is 1. The Morgan fingerprint density at radius 1 is 1.11 bits per heavy atom. The predicted octanol–water partition coefficient (Wildman–Crippen LogP) is 4.26. The van der Waals surface area contributed by atoms with Crippen molar-refractivity contribution >= 4 is 21.6 Å². The minimum Gasteiger partial charge on any atom is -0.505 e. The minimum absolute atomic E-state index is 0.420. The van der Waals surface area contributed by atoms with Gasteiger partial charge in [0.25, 0.3) is 0 Å². The molecule has 1 N–H and O–H groups in total. The molecule has 0 amide bonds. The summed E-state index contributed by atoms with van der Waals surface area (Å²) in [6.07, 6.45) is 0. The van der Waals surface area contributed by atoms with E-state index in [4.69, 9.17) is 0 Å². The van der Waals surface area contributed by atoms with Gasteiger partial charge in [-0.1, -0.05) is 6.07 Å². The third-order valence-electron chi connectivity index (χ3n) is 2.84. The lowest BCUT2D eigenvalue weighted by Gasteiger charge is -2.04. The van der Waals surface area contributed by atoms with Crippen LogP contribution in [0.2, 0.25) is 0 Å². The quantitative estimate of drug-likeness (QED) is 0.721. The molecular formula is C14H9F2NOS. The van der Waals surface area contributed by atoms with Gasteiger partial charge < -0.3 is 5.11 Å². The van der Waals surface area contributed by atoms with Crippen LogP contribution in [0.15, 0.2) is 30.3 Å². The molecule has 2 aromatic carbocycles. The molecule has 0 aliphatic heterocycles. The van der Waals surface area contributed by atoms with Gasteiger partial charge in [-0.3, -0.25) is 0 Å². The van der Waals surface area contributed by atoms with Crippen LogP contribution in [-0.4, -0.2) is 10.1 Å². The third-order valence-corrected chi connectivity index (χ3v) is 3.79. The average molecular weight is 277 g/mol. The molecule has 0 aliphatic carbocycles. The summed E-state index contributed by atoms with van der Waals surface area (Å²) < 4.78 is 27.4. The first-order chi connectivity index (χ1) is 9.04. The topological polar surface area (TPSA) is 33.1 Å². The first kappa shape index (κ1) is 12.0. The Kier molecular flexibility index (Phi) is 2.71. The number of aromatic hydroxyl groups is 1. The van der Waals surface area contributed by atoms with Crippen molar-refractivity contribution in [3.05, 3.63) is 47.0 Å². The molecule has 0 aliphatic rings. The van der Waals surface area contributed by atoms with Crippen molar-refractivity contribution in [2.24, 2.45) is 0 Å². The number of aryl methyl sites for hydroxylation is 1. The van der Waals surface area contributed by atoms with Crippen molar-refractivity contribution < 1.29 is 13.9 Å². The first-order valence-electron chi connectivity index (χ1n) is 5.60. The summed E-state index contributed by atoms with van der Waals surface area (Å²) in [6.45, 7) is 1.91. The van der Waals surface area contributed by atoms with Crippen molar-refractivity contribution in [1.29, 1.82) is 0 Å². The van der Waals surface area contributed by atoms with Gasteiger partial charge in [-0.15, -0.1) is 11.3 Å². The first-order valence-corrected chi connectivity index (χ1v) is 6.42. The van der Waals surface area contributed by atoms with Gasteiger partial charge in [0, 0.05) is 0 Å². The number of hydrogen-bond acceptors (Lipinski definition) is 3. The third kappa shape index (κ3) is 2.06. The molecule has 5 heteroatoms. The maximum Gasteiger partial charge on any atom is 0.200 e. The Balaban J connectivity index is 2.18. The molecule has 0 bridgehead atoms. The molecule has 0 atom stereocenters. The second-order valence-electron chi connectivity index (χ2n) is 4.21. The second kappa shape index (κ2) is 4.28. The summed E-state index contributed by atoms with van der Waals surface area (Å²) in [5.74, 6) is -2.98. The summed E-state index contributed by atoms with van der Waals surface area (Å²) in [5.41, 5.74) is 1.92. The highest BCUT2D eigenvalue weighted by Crippen LogP contribution is 2.31. The number of phenols is 1. The molecular weight excluding hydrogens is 268 g/mol. The van der Waals surface area contributed by atoms with Crippen LogP contribution >= 0.6 is 11.3 Å². The number of thiazole rings is 1. The average Bonchev–Trinajstić information content (AvgIpc) is 2.74. The van der Waals surface area contributed by atoms with Gasteiger partial charge >= 0.3 is 0 Å². The van der Waals surface area contributed by atoms with Gasteiger partial charge in [0.2, 0.25) is 0 Å². The van der Waals surface area contributed by atoms with Crippen molar-refractivity contribution in [2.75, 3.05) is 0 Å². The van der Waals surface area contributed by atoms with Crippen LogP contribution in [-0.2, 0) is 0 Å². The van der Waals surface area contributed by atoms with Crippen LogP contribution < -0.4 is 0 Å². The number of nitrogens with zero attached hydrogens (tertiary/aromatic N) is 1. The number of aromatic nitrogens is 1. The molecule has 0 radical (unpaired) electrons. The number of benzene rings is 2. The summed E-state index contributed by atoms with van der Waals surface area (Å²) in [6, 6.07) is 7.75. The Labute approximate surface area is 112 Å². The van der Waals surface area contributed by atoms with Crippen LogP contribution in [0.1, 0.15) is 5.01 Å². The van der Waals surface area contributed by atoms with Crippen LogP contribution in [0, 0.1) is 18.6 Å². The highest BCUT2D eigenvalue weighted by molar-refractivity contribution is 7.18. The second-order valence-corrected chi connectivity index (χ2v) is 5.44. The molecule has 1 aromatic heterocycles. The highest BCUT2D eigenvalue weighted by Gasteiger charge is 2.11. The zero-order valence-corrected chi connectivity index (χ0v) is 10.8. The molecule has 1 heterocycles. The molecule has 2 nitrogen and oxygen atoms in total. The molecule has 19 heavy (non-hydrogen) atoms. The summed E-state index contributed by atoms with van der Waals surface area (Å²) >= 11 is 1.57. The monoisotopic (exact) mass is 277 g/mol. The smallest absolute Gasteiger partial charge is 0.200 e. The van der Waals surface area contributed by atoms with E-state index in [0.29, 0.717) is 11.1 Å². The van der Waals surface area contributed by atoms with Gasteiger partial charge in [-0.2, -0.15) is 4.39 Å². The molecule has 0 fully saturated rings. The Bertz CT molecular complexity index is 759. The molecule has 0 spiro atoms. The SMILES string of the molecule is Cc1nc2cc(-c3cc(O)c(F)c(F)c3)ccc2s1. The summed E-state index contributed by atoms with van der Waals surface area (Å²) in [4.78, 5) is 4.35. The number of halogens is 2. The number of fused-ring (bicyclic) bond motifs is 1. The van der Waals surface area contributed by atoms with Crippen LogP contribution in [0.5, 0.6) is 5.75 Å². The van der Waals surface area contributed by atoms with Crippen molar-refractivity contribution in [3.63, 3.8) is 0 Å². The summed E-state index contributed by atoms with van der Waals surface area (Å²) in [7, 11) is 0. The maximum absolute atomic E-state index is 13.3. The van der Waals surface area contributed by atoms with Gasteiger partial charge in [-0.25, -0.2) is 9.37 Å². The Morgan fingerprint density at radius 2 is 1.89 bits per heavy atom. The van der Waals surface area contributed by atoms with Crippen molar-refractivity contribution in [2.45, 2.75) is 6.92 Å². The van der Waals surface area contributed by atoms with E-state index in [2.05, 4.69) is 4.98 Å². The van der Waals surface area contributed by atoms with Crippen LogP contribution in [0.25, 0.3) is 21.3 Å². The van der Waals surface area contributed by atoms with Gasteiger partial charge in [-0.05, 0) is 42.3 Å². The molecule has 0 saturated heterocycles. The zero-order chi connectivity index (χ0) is 13.6. The van der Waals surface area contributed by atoms with E-state index in [-0.39, 0.29) is 0 Å². The van der Waals surface area contributed by atoms with Gasteiger partial charge in [0.1, 0.15) is 0 Å². The summed E-state index contributed by atoms with van der Waals surface area (Å²) in [5, 5.41) is 10.3. The van der Waals surface area contributed by atoms with Crippen molar-refractivity contribution in [1.82, 2.24) is 4.98 Å². The maximum atomic E-state index is 13.3. The van der Waals surface area contributed by atoms with Gasteiger partial charge in [0.15, 0.2) is 17.4 Å². The lowest BCUT2D eigenvalue weighted by Crippen LogP contribution is -1.87. The lowest BCUT2D eigenvalue weighted by atomic mass is 10.0. The van der Waals surface area contributed by atoms with E-state index in [1.807, 2.05) is 13.0 Å². The molecule has 0 saturated carbocycles. The fraction of sp³-hybridized carbons (Fsp3) is 0.0714. The van der Waals surface area contributed by atoms with Gasteiger partial charge in [0.05, 0.1) is 15.2 Å². The fourth-order valence-corrected chi connectivity index (χ4v) is 2.77. The largest absolute Gasteiger partial charge is 0.505 e. The standard InChI is InChI=1S/C14H9F2NOS/c1-7-17-11-5-8(2-3-13(11)19-7)9-4-10(15)14(16)12(18)6-9/h2-6,18H,1H3. The molecule has 3 rings (SSSR count). The molecule has 3 aromatic rings. The normalized spacial score (nSPS) is 11.1. The van der Waals surface area contributed by atoms with E-state index in [1.54, 1.807) is 23.5 Å². The van der Waals surface area contributed by atoms with E-state index in [9.17, 15) is 13.9 Å². The molecule has 96 valence electrons. The lowest BCUT2D eigenvalue weighted by molar-refractivity contribution is 0.407. The number of hydrogen-bond donors (Lipinski definition) is 1. The number of phenolic OH excluding ortho intramolecular Hbond substituents is 1. The minimum atomic E-state index is -1.23.